The van der Waals surface area contributed by atoms with Gasteiger partial charge in [0.1, 0.15) is 30.0 Å². The number of rotatable bonds is 8. The van der Waals surface area contributed by atoms with Crippen LogP contribution in [0.4, 0.5) is 0 Å². The lowest BCUT2D eigenvalue weighted by atomic mass is 10.0. The van der Waals surface area contributed by atoms with E-state index in [9.17, 15) is 9.59 Å². The first-order valence-electron chi connectivity index (χ1n) is 11.1. The molecule has 6 nitrogen and oxygen atoms in total. The number of hydrogen-bond acceptors (Lipinski definition) is 6. The Hall–Kier alpha value is -4.06. The van der Waals surface area contributed by atoms with Crippen molar-refractivity contribution in [2.75, 3.05) is 0 Å². The normalized spacial score (nSPS) is 11.9. The van der Waals surface area contributed by atoms with Crippen LogP contribution in [0.15, 0.2) is 88.3 Å². The van der Waals surface area contributed by atoms with Crippen molar-refractivity contribution in [1.29, 1.82) is 0 Å². The quantitative estimate of drug-likeness (QED) is 0.292. The van der Waals surface area contributed by atoms with Gasteiger partial charge in [0.25, 0.3) is 0 Å². The van der Waals surface area contributed by atoms with E-state index in [0.29, 0.717) is 22.5 Å². The van der Waals surface area contributed by atoms with Crippen LogP contribution in [0.25, 0.3) is 11.0 Å². The molecule has 0 N–H and O–H groups in total. The van der Waals surface area contributed by atoms with Gasteiger partial charge in [-0.05, 0) is 42.2 Å². The van der Waals surface area contributed by atoms with Crippen LogP contribution in [-0.4, -0.2) is 12.1 Å². The lowest BCUT2D eigenvalue weighted by molar-refractivity contribution is -0.152. The van der Waals surface area contributed by atoms with Gasteiger partial charge >= 0.3 is 5.97 Å². The van der Waals surface area contributed by atoms with Gasteiger partial charge in [-0.15, -0.1) is 0 Å². The number of ether oxygens (including phenoxy) is 3. The fourth-order valence-electron chi connectivity index (χ4n) is 3.50. The summed E-state index contributed by atoms with van der Waals surface area (Å²) in [4.78, 5) is 25.3. The van der Waals surface area contributed by atoms with Crippen LogP contribution in [0.5, 0.6) is 17.2 Å². The maximum atomic E-state index is 13.0. The summed E-state index contributed by atoms with van der Waals surface area (Å²) in [5, 5.41) is 0.353. The molecule has 6 heteroatoms. The second kappa shape index (κ2) is 10.3. The fraction of sp³-hybridized carbons (Fsp3) is 0.214. The Kier molecular flexibility index (Phi) is 6.97. The summed E-state index contributed by atoms with van der Waals surface area (Å²) in [6, 6.07) is 21.8. The fourth-order valence-corrected chi connectivity index (χ4v) is 3.50. The third kappa shape index (κ3) is 5.29. The Morgan fingerprint density at radius 1 is 0.912 bits per heavy atom. The predicted molar refractivity (Wildman–Crippen MR) is 129 cm³/mol. The zero-order chi connectivity index (χ0) is 24.1. The summed E-state index contributed by atoms with van der Waals surface area (Å²) in [6.45, 7) is 5.90. The van der Waals surface area contributed by atoms with Crippen molar-refractivity contribution >= 4 is 16.9 Å². The molecule has 0 amide bonds. The monoisotopic (exact) mass is 458 g/mol. The molecule has 3 aromatic carbocycles. The first kappa shape index (κ1) is 23.1. The van der Waals surface area contributed by atoms with E-state index in [1.807, 2.05) is 54.6 Å². The third-order valence-electron chi connectivity index (χ3n) is 5.34. The van der Waals surface area contributed by atoms with Gasteiger partial charge in [-0.3, -0.25) is 4.79 Å². The van der Waals surface area contributed by atoms with Crippen LogP contribution in [0.3, 0.4) is 0 Å². The molecule has 0 aliphatic carbocycles. The van der Waals surface area contributed by atoms with E-state index in [2.05, 4.69) is 13.8 Å². The molecular weight excluding hydrogens is 432 g/mol. The van der Waals surface area contributed by atoms with Crippen LogP contribution < -0.4 is 14.9 Å². The molecule has 0 fully saturated rings. The Balaban J connectivity index is 1.47. The number of benzene rings is 3. The number of carbonyl (C=O) groups is 1. The summed E-state index contributed by atoms with van der Waals surface area (Å²) < 4.78 is 22.6. The van der Waals surface area contributed by atoms with Gasteiger partial charge in [0.05, 0.1) is 5.39 Å². The number of carbonyl (C=O) groups excluding carboxylic acids is 1. The van der Waals surface area contributed by atoms with Crippen LogP contribution in [0, 0.1) is 0 Å². The van der Waals surface area contributed by atoms with Gasteiger partial charge in [0.15, 0.2) is 6.10 Å². The predicted octanol–water partition coefficient (Wildman–Crippen LogP) is 6.22. The van der Waals surface area contributed by atoms with Crippen LogP contribution in [-0.2, 0) is 16.1 Å². The zero-order valence-electron chi connectivity index (χ0n) is 19.3. The standard InChI is InChI=1S/C28H26O6/c1-18(2)22-11-7-8-12-24(22)34-26-17-31-25-15-21(13-14-23(25)27(26)29)33-19(3)28(30)32-16-20-9-5-4-6-10-20/h4-15,17-19H,16H2,1-3H3. The number of esters is 1. The van der Waals surface area contributed by atoms with E-state index in [-0.39, 0.29) is 23.7 Å². The number of hydrogen-bond donors (Lipinski definition) is 0. The summed E-state index contributed by atoms with van der Waals surface area (Å²) in [5.41, 5.74) is 1.93. The molecule has 1 aromatic heterocycles. The van der Waals surface area contributed by atoms with E-state index in [1.54, 1.807) is 25.1 Å². The van der Waals surface area contributed by atoms with E-state index in [4.69, 9.17) is 18.6 Å². The third-order valence-corrected chi connectivity index (χ3v) is 5.34. The Bertz CT molecular complexity index is 1340. The van der Waals surface area contributed by atoms with Crippen LogP contribution >= 0.6 is 0 Å². The Labute approximate surface area is 197 Å². The molecular formula is C28H26O6. The second-order valence-electron chi connectivity index (χ2n) is 8.24. The summed E-state index contributed by atoms with van der Waals surface area (Å²) in [6.07, 6.45) is 0.464. The topological polar surface area (TPSA) is 75.0 Å². The van der Waals surface area contributed by atoms with E-state index < -0.39 is 12.1 Å². The van der Waals surface area contributed by atoms with Gasteiger partial charge in [0, 0.05) is 6.07 Å². The Morgan fingerprint density at radius 3 is 2.41 bits per heavy atom. The van der Waals surface area contributed by atoms with Crippen molar-refractivity contribution < 1.29 is 23.4 Å². The average molecular weight is 459 g/mol. The number of para-hydroxylation sites is 1. The molecule has 4 rings (SSSR count). The SMILES string of the molecule is CC(Oc1ccc2c(=O)c(Oc3ccccc3C(C)C)coc2c1)C(=O)OCc1ccccc1. The molecule has 0 bridgehead atoms. The first-order valence-corrected chi connectivity index (χ1v) is 11.1. The molecule has 0 radical (unpaired) electrons. The van der Waals surface area contributed by atoms with Gasteiger partial charge < -0.3 is 18.6 Å². The highest BCUT2D eigenvalue weighted by Gasteiger charge is 2.18. The lowest BCUT2D eigenvalue weighted by Crippen LogP contribution is -2.26. The van der Waals surface area contributed by atoms with Crippen LogP contribution in [0.1, 0.15) is 37.8 Å². The molecule has 174 valence electrons. The minimum Gasteiger partial charge on any atom is -0.479 e. The molecule has 1 atom stereocenters. The van der Waals surface area contributed by atoms with Crippen molar-refractivity contribution in [3.63, 3.8) is 0 Å². The highest BCUT2D eigenvalue weighted by molar-refractivity contribution is 5.79. The van der Waals surface area contributed by atoms with E-state index >= 15 is 0 Å². The van der Waals surface area contributed by atoms with Gasteiger partial charge in [-0.2, -0.15) is 0 Å². The maximum Gasteiger partial charge on any atom is 0.347 e. The zero-order valence-corrected chi connectivity index (χ0v) is 19.3. The molecule has 0 saturated carbocycles. The van der Waals surface area contributed by atoms with Crippen LogP contribution in [0.2, 0.25) is 0 Å². The molecule has 0 aliphatic heterocycles. The molecule has 34 heavy (non-hydrogen) atoms. The molecule has 0 saturated heterocycles. The van der Waals surface area contributed by atoms with Gasteiger partial charge in [-0.1, -0.05) is 62.4 Å². The first-order chi connectivity index (χ1) is 16.4. The maximum absolute atomic E-state index is 13.0. The minimum atomic E-state index is -0.831. The molecule has 1 heterocycles. The Morgan fingerprint density at radius 2 is 1.65 bits per heavy atom. The summed E-state index contributed by atoms with van der Waals surface area (Å²) >= 11 is 0. The summed E-state index contributed by atoms with van der Waals surface area (Å²) in [7, 11) is 0. The molecule has 4 aromatic rings. The largest absolute Gasteiger partial charge is 0.479 e. The minimum absolute atomic E-state index is 0.104. The molecule has 0 spiro atoms. The van der Waals surface area contributed by atoms with Gasteiger partial charge in [-0.25, -0.2) is 4.79 Å². The van der Waals surface area contributed by atoms with Crippen molar-refractivity contribution in [3.8, 4) is 17.2 Å². The molecule has 1 unspecified atom stereocenters. The van der Waals surface area contributed by atoms with Gasteiger partial charge in [0.2, 0.25) is 11.2 Å². The number of fused-ring (bicyclic) bond motifs is 1. The summed E-state index contributed by atoms with van der Waals surface area (Å²) in [5.74, 6) is 0.862. The second-order valence-corrected chi connectivity index (χ2v) is 8.24. The highest BCUT2D eigenvalue weighted by Crippen LogP contribution is 2.30. The average Bonchev–Trinajstić information content (AvgIpc) is 2.85. The van der Waals surface area contributed by atoms with Crippen molar-refractivity contribution in [2.45, 2.75) is 39.4 Å². The lowest BCUT2D eigenvalue weighted by Gasteiger charge is -2.15. The van der Waals surface area contributed by atoms with Crippen molar-refractivity contribution in [1.82, 2.24) is 0 Å². The highest BCUT2D eigenvalue weighted by atomic mass is 16.6. The molecule has 0 aliphatic rings. The van der Waals surface area contributed by atoms with E-state index in [1.165, 1.54) is 6.26 Å². The smallest absolute Gasteiger partial charge is 0.347 e. The van der Waals surface area contributed by atoms with Crippen molar-refractivity contribution in [2.24, 2.45) is 0 Å². The van der Waals surface area contributed by atoms with Crippen molar-refractivity contribution in [3.05, 3.63) is 100 Å². The van der Waals surface area contributed by atoms with E-state index in [0.717, 1.165) is 11.1 Å².